The minimum atomic E-state index is 0.316. The minimum absolute atomic E-state index is 0.316. The number of likely N-dealkylation sites (tertiary alicyclic amines) is 1. The second kappa shape index (κ2) is 3.95. The number of hydrogen-bond donors (Lipinski definition) is 1. The molecule has 0 aromatic carbocycles. The zero-order chi connectivity index (χ0) is 9.26. The maximum Gasteiger partial charge on any atom is 0.0558 e. The standard InChI is InChI=1S/C10H20N2O/c1-11-5-4-10(8-11)12(6-7-13)9-2-3-9/h9-10,13H,2-8H2,1H3/t10-/m1/s1. The second-order valence-electron chi connectivity index (χ2n) is 4.40. The summed E-state index contributed by atoms with van der Waals surface area (Å²) in [6.45, 7) is 3.61. The van der Waals surface area contributed by atoms with Crippen LogP contribution in [0.3, 0.4) is 0 Å². The predicted molar refractivity (Wildman–Crippen MR) is 52.7 cm³/mol. The highest BCUT2D eigenvalue weighted by atomic mass is 16.3. The van der Waals surface area contributed by atoms with Crippen LogP contribution in [0.25, 0.3) is 0 Å². The fraction of sp³-hybridized carbons (Fsp3) is 1.00. The number of nitrogens with zero attached hydrogens (tertiary/aromatic N) is 2. The summed E-state index contributed by atoms with van der Waals surface area (Å²) in [4.78, 5) is 4.90. The van der Waals surface area contributed by atoms with E-state index in [0.29, 0.717) is 12.6 Å². The molecule has 0 amide bonds. The molecular weight excluding hydrogens is 164 g/mol. The Bertz CT molecular complexity index is 170. The fourth-order valence-corrected chi connectivity index (χ4v) is 2.37. The summed E-state index contributed by atoms with van der Waals surface area (Å²) in [7, 11) is 2.18. The number of aliphatic hydroxyl groups excluding tert-OH is 1. The number of hydrogen-bond acceptors (Lipinski definition) is 3. The van der Waals surface area contributed by atoms with E-state index in [1.54, 1.807) is 0 Å². The molecule has 0 aromatic heterocycles. The Labute approximate surface area is 80.3 Å². The summed E-state index contributed by atoms with van der Waals surface area (Å²) in [6, 6.07) is 1.51. The Morgan fingerprint density at radius 1 is 1.31 bits per heavy atom. The van der Waals surface area contributed by atoms with Gasteiger partial charge in [0.05, 0.1) is 6.61 Å². The number of aliphatic hydroxyl groups is 1. The largest absolute Gasteiger partial charge is 0.395 e. The average Bonchev–Trinajstić information content (AvgIpc) is 2.85. The third kappa shape index (κ3) is 2.22. The van der Waals surface area contributed by atoms with Gasteiger partial charge in [0.2, 0.25) is 0 Å². The van der Waals surface area contributed by atoms with E-state index in [1.165, 1.54) is 32.4 Å². The molecule has 1 saturated carbocycles. The molecule has 0 radical (unpaired) electrons. The Morgan fingerprint density at radius 2 is 2.08 bits per heavy atom. The van der Waals surface area contributed by atoms with Crippen molar-refractivity contribution in [3.8, 4) is 0 Å². The van der Waals surface area contributed by atoms with E-state index in [2.05, 4.69) is 16.8 Å². The van der Waals surface area contributed by atoms with Crippen LogP contribution in [-0.4, -0.2) is 60.3 Å². The van der Waals surface area contributed by atoms with Gasteiger partial charge < -0.3 is 10.0 Å². The van der Waals surface area contributed by atoms with Crippen LogP contribution in [0.1, 0.15) is 19.3 Å². The molecule has 2 rings (SSSR count). The molecule has 3 nitrogen and oxygen atoms in total. The lowest BCUT2D eigenvalue weighted by Crippen LogP contribution is -2.40. The van der Waals surface area contributed by atoms with Crippen molar-refractivity contribution in [2.45, 2.75) is 31.3 Å². The highest BCUT2D eigenvalue weighted by molar-refractivity contribution is 4.92. The van der Waals surface area contributed by atoms with Crippen molar-refractivity contribution in [1.82, 2.24) is 9.80 Å². The van der Waals surface area contributed by atoms with Gasteiger partial charge in [-0.2, -0.15) is 0 Å². The molecule has 0 spiro atoms. The van der Waals surface area contributed by atoms with Gasteiger partial charge in [-0.3, -0.25) is 4.90 Å². The lowest BCUT2D eigenvalue weighted by molar-refractivity contribution is 0.144. The summed E-state index contributed by atoms with van der Waals surface area (Å²) in [6.07, 6.45) is 3.98. The van der Waals surface area contributed by atoms with E-state index >= 15 is 0 Å². The van der Waals surface area contributed by atoms with Crippen LogP contribution < -0.4 is 0 Å². The van der Waals surface area contributed by atoms with Crippen molar-refractivity contribution in [2.24, 2.45) is 0 Å². The molecule has 1 aliphatic carbocycles. The van der Waals surface area contributed by atoms with Crippen LogP contribution in [0, 0.1) is 0 Å². The van der Waals surface area contributed by atoms with Gasteiger partial charge >= 0.3 is 0 Å². The van der Waals surface area contributed by atoms with Crippen LogP contribution in [0.15, 0.2) is 0 Å². The Balaban J connectivity index is 1.87. The molecule has 76 valence electrons. The van der Waals surface area contributed by atoms with Crippen molar-refractivity contribution in [3.05, 3.63) is 0 Å². The zero-order valence-electron chi connectivity index (χ0n) is 8.45. The highest BCUT2D eigenvalue weighted by Crippen LogP contribution is 2.30. The van der Waals surface area contributed by atoms with Crippen LogP contribution >= 0.6 is 0 Å². The van der Waals surface area contributed by atoms with Gasteiger partial charge in [-0.25, -0.2) is 0 Å². The summed E-state index contributed by atoms with van der Waals surface area (Å²) < 4.78 is 0. The fourth-order valence-electron chi connectivity index (χ4n) is 2.37. The first-order valence-corrected chi connectivity index (χ1v) is 5.36. The highest BCUT2D eigenvalue weighted by Gasteiger charge is 2.35. The topological polar surface area (TPSA) is 26.7 Å². The Morgan fingerprint density at radius 3 is 2.54 bits per heavy atom. The van der Waals surface area contributed by atoms with Crippen LogP contribution in [0.5, 0.6) is 0 Å². The minimum Gasteiger partial charge on any atom is -0.395 e. The third-order valence-electron chi connectivity index (χ3n) is 3.21. The van der Waals surface area contributed by atoms with E-state index in [0.717, 1.165) is 12.6 Å². The zero-order valence-corrected chi connectivity index (χ0v) is 8.45. The molecule has 1 atom stereocenters. The average molecular weight is 184 g/mol. The van der Waals surface area contributed by atoms with Crippen molar-refractivity contribution < 1.29 is 5.11 Å². The first kappa shape index (κ1) is 9.44. The Hall–Kier alpha value is -0.120. The van der Waals surface area contributed by atoms with E-state index in [4.69, 9.17) is 5.11 Å². The van der Waals surface area contributed by atoms with Crippen LogP contribution in [-0.2, 0) is 0 Å². The molecular formula is C10H20N2O. The van der Waals surface area contributed by atoms with Crippen LogP contribution in [0.2, 0.25) is 0 Å². The number of rotatable bonds is 4. The molecule has 1 N–H and O–H groups in total. The van der Waals surface area contributed by atoms with Gasteiger partial charge in [0.15, 0.2) is 0 Å². The van der Waals surface area contributed by atoms with E-state index in [9.17, 15) is 0 Å². The molecule has 2 aliphatic rings. The first-order chi connectivity index (χ1) is 6.31. The molecule has 3 heteroatoms. The molecule has 13 heavy (non-hydrogen) atoms. The maximum absolute atomic E-state index is 8.98. The SMILES string of the molecule is CN1CC[C@@H](N(CCO)C2CC2)C1. The lowest BCUT2D eigenvalue weighted by atomic mass is 10.2. The predicted octanol–water partition coefficient (Wildman–Crippen LogP) is 0.147. The van der Waals surface area contributed by atoms with E-state index < -0.39 is 0 Å². The first-order valence-electron chi connectivity index (χ1n) is 5.36. The van der Waals surface area contributed by atoms with E-state index in [-0.39, 0.29) is 0 Å². The summed E-state index contributed by atoms with van der Waals surface area (Å²) >= 11 is 0. The molecule has 1 saturated heterocycles. The van der Waals surface area contributed by atoms with Gasteiger partial charge in [-0.05, 0) is 32.9 Å². The molecule has 1 heterocycles. The monoisotopic (exact) mass is 184 g/mol. The van der Waals surface area contributed by atoms with Crippen molar-refractivity contribution in [3.63, 3.8) is 0 Å². The second-order valence-corrected chi connectivity index (χ2v) is 4.40. The van der Waals surface area contributed by atoms with Crippen molar-refractivity contribution >= 4 is 0 Å². The Kier molecular flexibility index (Phi) is 2.86. The molecule has 0 bridgehead atoms. The lowest BCUT2D eigenvalue weighted by Gasteiger charge is -2.27. The van der Waals surface area contributed by atoms with Gasteiger partial charge in [0.1, 0.15) is 0 Å². The van der Waals surface area contributed by atoms with Gasteiger partial charge in [-0.1, -0.05) is 0 Å². The van der Waals surface area contributed by atoms with Gasteiger partial charge in [0, 0.05) is 25.2 Å². The maximum atomic E-state index is 8.98. The molecule has 0 unspecified atom stereocenters. The van der Waals surface area contributed by atoms with Gasteiger partial charge in [-0.15, -0.1) is 0 Å². The van der Waals surface area contributed by atoms with E-state index in [1.807, 2.05) is 0 Å². The van der Waals surface area contributed by atoms with Crippen LogP contribution in [0.4, 0.5) is 0 Å². The summed E-state index contributed by atoms with van der Waals surface area (Å²) in [5.74, 6) is 0. The number of likely N-dealkylation sites (N-methyl/N-ethyl adjacent to an activating group) is 1. The molecule has 0 aromatic rings. The van der Waals surface area contributed by atoms with Gasteiger partial charge in [0.25, 0.3) is 0 Å². The molecule has 1 aliphatic heterocycles. The summed E-state index contributed by atoms with van der Waals surface area (Å²) in [5.41, 5.74) is 0. The third-order valence-corrected chi connectivity index (χ3v) is 3.21. The molecule has 2 fully saturated rings. The summed E-state index contributed by atoms with van der Waals surface area (Å²) in [5, 5.41) is 8.98. The van der Waals surface area contributed by atoms with Crippen molar-refractivity contribution in [1.29, 1.82) is 0 Å². The van der Waals surface area contributed by atoms with Crippen molar-refractivity contribution in [2.75, 3.05) is 33.3 Å². The smallest absolute Gasteiger partial charge is 0.0558 e. The quantitative estimate of drug-likeness (QED) is 0.673. The normalized spacial score (nSPS) is 30.2.